The number of hydrogen-bond donors (Lipinski definition) is 4. The first-order valence-electron chi connectivity index (χ1n) is 8.30. The monoisotopic (exact) mass is 444 g/mol. The van der Waals surface area contributed by atoms with Crippen molar-refractivity contribution in [3.05, 3.63) is 82.1 Å². The number of rotatable bonds is 4. The second-order valence-corrected chi connectivity index (χ2v) is 5.45. The summed E-state index contributed by atoms with van der Waals surface area (Å²) >= 11 is 0. The van der Waals surface area contributed by atoms with Crippen LogP contribution in [0.3, 0.4) is 0 Å². The van der Waals surface area contributed by atoms with Gasteiger partial charge in [-0.3, -0.25) is 14.6 Å². The Kier molecular flexibility index (Phi) is 9.15. The maximum atomic E-state index is 11.7. The summed E-state index contributed by atoms with van der Waals surface area (Å²) < 4.78 is 0. The van der Waals surface area contributed by atoms with E-state index in [0.717, 1.165) is 28.4 Å². The van der Waals surface area contributed by atoms with Crippen molar-refractivity contribution in [2.45, 2.75) is 0 Å². The molecule has 0 aliphatic rings. The van der Waals surface area contributed by atoms with E-state index in [1.54, 1.807) is 12.3 Å². The highest BCUT2D eigenvalue weighted by molar-refractivity contribution is 6.10. The smallest absolute Gasteiger partial charge is 0.291 e. The molecule has 166 valence electrons. The summed E-state index contributed by atoms with van der Waals surface area (Å²) in [5.41, 5.74) is 1.85. The first-order valence-corrected chi connectivity index (χ1v) is 8.30. The van der Waals surface area contributed by atoms with E-state index in [-0.39, 0.29) is 5.82 Å². The zero-order valence-corrected chi connectivity index (χ0v) is 16.2. The standard InChI is InChI=1S/C18H14N4O2.2HNO3/c1-3-15(23)20-14-10-11-7-8-13-12(6-5-9-19-13)17(11)22-18(14)21-16(24)4-2;2*2-1(3)4/h3-10H,1-2H2,(H,20,23)(H,21,22,24);2*(H,2,3,4). The molecular formula is C18H16N6O8. The number of benzene rings is 1. The number of anilines is 2. The van der Waals surface area contributed by atoms with Gasteiger partial charge < -0.3 is 21.0 Å². The Labute approximate surface area is 178 Å². The molecule has 0 saturated carbocycles. The fourth-order valence-electron chi connectivity index (χ4n) is 2.33. The molecule has 3 rings (SSSR count). The van der Waals surface area contributed by atoms with Crippen LogP contribution in [0.4, 0.5) is 11.5 Å². The van der Waals surface area contributed by atoms with Crippen LogP contribution >= 0.6 is 0 Å². The first-order chi connectivity index (χ1) is 15.1. The Morgan fingerprint density at radius 3 is 2.12 bits per heavy atom. The SMILES string of the molecule is C=CC(=O)Nc1cc2ccc3ncccc3c2nc1NC(=O)C=C.O=[N+]([O-])O.O=[N+]([O-])O. The number of aromatic nitrogens is 2. The molecule has 4 N–H and O–H groups in total. The van der Waals surface area contributed by atoms with Crippen LogP contribution in [0.5, 0.6) is 0 Å². The molecule has 14 nitrogen and oxygen atoms in total. The second kappa shape index (κ2) is 11.8. The van der Waals surface area contributed by atoms with Crippen LogP contribution in [0.2, 0.25) is 0 Å². The van der Waals surface area contributed by atoms with Crippen LogP contribution in [0, 0.1) is 20.2 Å². The van der Waals surface area contributed by atoms with Crippen LogP contribution in [0.25, 0.3) is 21.8 Å². The molecular weight excluding hydrogens is 428 g/mol. The average Bonchev–Trinajstić information content (AvgIpc) is 2.73. The van der Waals surface area contributed by atoms with Crippen molar-refractivity contribution in [3.8, 4) is 0 Å². The highest BCUT2D eigenvalue weighted by atomic mass is 16.9. The van der Waals surface area contributed by atoms with E-state index in [9.17, 15) is 9.59 Å². The van der Waals surface area contributed by atoms with Gasteiger partial charge in [0.1, 0.15) is 0 Å². The van der Waals surface area contributed by atoms with Crippen molar-refractivity contribution in [1.29, 1.82) is 0 Å². The minimum absolute atomic E-state index is 0.235. The zero-order chi connectivity index (χ0) is 24.3. The molecule has 0 bridgehead atoms. The Morgan fingerprint density at radius 1 is 1.00 bits per heavy atom. The van der Waals surface area contributed by atoms with Crippen LogP contribution < -0.4 is 10.6 Å². The molecule has 0 saturated heterocycles. The predicted octanol–water partition coefficient (Wildman–Crippen LogP) is 2.34. The van der Waals surface area contributed by atoms with Crippen molar-refractivity contribution in [2.75, 3.05) is 10.6 Å². The van der Waals surface area contributed by atoms with Crippen molar-refractivity contribution in [1.82, 2.24) is 9.97 Å². The minimum Gasteiger partial charge on any atom is -0.328 e. The number of carbonyl (C=O) groups excluding carboxylic acids is 2. The van der Waals surface area contributed by atoms with Gasteiger partial charge in [0.15, 0.2) is 5.82 Å². The molecule has 2 heterocycles. The van der Waals surface area contributed by atoms with E-state index in [1.165, 1.54) is 0 Å². The Balaban J connectivity index is 0.000000554. The number of nitrogens with one attached hydrogen (secondary N) is 2. The summed E-state index contributed by atoms with van der Waals surface area (Å²) in [4.78, 5) is 48.8. The maximum absolute atomic E-state index is 11.7. The molecule has 0 radical (unpaired) electrons. The lowest BCUT2D eigenvalue weighted by molar-refractivity contribution is -0.742. The second-order valence-electron chi connectivity index (χ2n) is 5.45. The fraction of sp³-hybridized carbons (Fsp3) is 0. The fourth-order valence-corrected chi connectivity index (χ4v) is 2.33. The Bertz CT molecular complexity index is 1180. The third kappa shape index (κ3) is 7.70. The highest BCUT2D eigenvalue weighted by Crippen LogP contribution is 2.29. The van der Waals surface area contributed by atoms with Gasteiger partial charge in [-0.15, -0.1) is 20.2 Å². The quantitative estimate of drug-likeness (QED) is 0.199. The molecule has 2 amide bonds. The van der Waals surface area contributed by atoms with Crippen LogP contribution in [0.15, 0.2) is 61.8 Å². The van der Waals surface area contributed by atoms with Crippen LogP contribution in [0.1, 0.15) is 0 Å². The summed E-state index contributed by atoms with van der Waals surface area (Å²) in [7, 11) is 0. The molecule has 0 unspecified atom stereocenters. The molecule has 14 heteroatoms. The largest absolute Gasteiger partial charge is 0.328 e. The normalized spacial score (nSPS) is 9.25. The van der Waals surface area contributed by atoms with E-state index in [1.807, 2.05) is 24.3 Å². The number of hydrogen-bond acceptors (Lipinski definition) is 8. The number of nitrogens with zero attached hydrogens (tertiary/aromatic N) is 4. The molecule has 0 fully saturated rings. The lowest BCUT2D eigenvalue weighted by Gasteiger charge is -2.12. The lowest BCUT2D eigenvalue weighted by atomic mass is 10.1. The van der Waals surface area contributed by atoms with Gasteiger partial charge in [-0.2, -0.15) is 0 Å². The highest BCUT2D eigenvalue weighted by Gasteiger charge is 2.12. The van der Waals surface area contributed by atoms with E-state index >= 15 is 0 Å². The van der Waals surface area contributed by atoms with Crippen molar-refractivity contribution >= 4 is 45.1 Å². The van der Waals surface area contributed by atoms with Crippen molar-refractivity contribution in [3.63, 3.8) is 0 Å². The molecule has 0 spiro atoms. The van der Waals surface area contributed by atoms with Crippen LogP contribution in [-0.2, 0) is 9.59 Å². The van der Waals surface area contributed by atoms with Gasteiger partial charge in [0.25, 0.3) is 10.2 Å². The topological polar surface area (TPSA) is 211 Å². The van der Waals surface area contributed by atoms with Crippen LogP contribution in [-0.4, -0.2) is 42.4 Å². The molecule has 0 aliphatic heterocycles. The summed E-state index contributed by atoms with van der Waals surface area (Å²) in [6.07, 6.45) is 3.98. The van der Waals surface area contributed by atoms with Crippen molar-refractivity contribution < 1.29 is 30.2 Å². The zero-order valence-electron chi connectivity index (χ0n) is 16.2. The van der Waals surface area contributed by atoms with Crippen molar-refractivity contribution in [2.24, 2.45) is 0 Å². The summed E-state index contributed by atoms with van der Waals surface area (Å²) in [5, 5.41) is 34.2. The summed E-state index contributed by atoms with van der Waals surface area (Å²) in [5.74, 6) is -0.582. The molecule has 32 heavy (non-hydrogen) atoms. The summed E-state index contributed by atoms with van der Waals surface area (Å²) in [6, 6.07) is 9.20. The number of carbonyl (C=O) groups is 2. The lowest BCUT2D eigenvalue weighted by Crippen LogP contribution is -2.14. The maximum Gasteiger partial charge on any atom is 0.291 e. The van der Waals surface area contributed by atoms with Gasteiger partial charge in [0.05, 0.1) is 16.7 Å². The minimum atomic E-state index is -1.50. The van der Waals surface area contributed by atoms with Gasteiger partial charge in [-0.05, 0) is 36.4 Å². The van der Waals surface area contributed by atoms with E-state index in [4.69, 9.17) is 30.6 Å². The van der Waals surface area contributed by atoms with Gasteiger partial charge in [0, 0.05) is 17.0 Å². The van der Waals surface area contributed by atoms with Gasteiger partial charge in [-0.25, -0.2) is 4.98 Å². The number of amides is 2. The van der Waals surface area contributed by atoms with Gasteiger partial charge >= 0.3 is 0 Å². The number of fused-ring (bicyclic) bond motifs is 3. The first kappa shape index (κ1) is 24.9. The summed E-state index contributed by atoms with van der Waals surface area (Å²) in [6.45, 7) is 6.85. The molecule has 1 aromatic carbocycles. The van der Waals surface area contributed by atoms with Gasteiger partial charge in [-0.1, -0.05) is 19.2 Å². The molecule has 0 aliphatic carbocycles. The average molecular weight is 444 g/mol. The van der Waals surface area contributed by atoms with Gasteiger partial charge in [0.2, 0.25) is 11.8 Å². The molecule has 2 aromatic heterocycles. The molecule has 0 atom stereocenters. The predicted molar refractivity (Wildman–Crippen MR) is 112 cm³/mol. The third-order valence-corrected chi connectivity index (χ3v) is 3.44. The Hall–Kier alpha value is -5.14. The van der Waals surface area contributed by atoms with E-state index < -0.39 is 22.0 Å². The molecule has 3 aromatic rings. The Morgan fingerprint density at radius 2 is 1.56 bits per heavy atom. The number of pyridine rings is 2. The third-order valence-electron chi connectivity index (χ3n) is 3.44. The van der Waals surface area contributed by atoms with E-state index in [2.05, 4.69) is 33.8 Å². The van der Waals surface area contributed by atoms with E-state index in [0.29, 0.717) is 11.2 Å².